The third-order valence-electron chi connectivity index (χ3n) is 6.04. The van der Waals surface area contributed by atoms with Crippen molar-refractivity contribution in [3.8, 4) is 0 Å². The van der Waals surface area contributed by atoms with E-state index in [9.17, 15) is 9.59 Å². The minimum absolute atomic E-state index is 0.0899. The topological polar surface area (TPSA) is 43.4 Å². The SMILES string of the molecule is CCC(C)(C)CCC1CC2CC1C1C(=O)OC(=O)C21. The van der Waals surface area contributed by atoms with Crippen molar-refractivity contribution in [1.82, 2.24) is 0 Å². The number of fused-ring (bicyclic) bond motifs is 5. The van der Waals surface area contributed by atoms with E-state index < -0.39 is 0 Å². The monoisotopic (exact) mass is 264 g/mol. The molecule has 106 valence electrons. The van der Waals surface area contributed by atoms with Gasteiger partial charge in [-0.2, -0.15) is 0 Å². The van der Waals surface area contributed by atoms with E-state index in [0.717, 1.165) is 12.8 Å². The number of hydrogen-bond donors (Lipinski definition) is 0. The number of carbonyl (C=O) groups is 2. The smallest absolute Gasteiger partial charge is 0.317 e. The van der Waals surface area contributed by atoms with Gasteiger partial charge in [-0.25, -0.2) is 0 Å². The molecule has 0 N–H and O–H groups in total. The van der Waals surface area contributed by atoms with Gasteiger partial charge in [0.1, 0.15) is 0 Å². The Morgan fingerprint density at radius 1 is 1.16 bits per heavy atom. The van der Waals surface area contributed by atoms with Crippen molar-refractivity contribution in [2.24, 2.45) is 35.0 Å². The van der Waals surface area contributed by atoms with E-state index in [1.54, 1.807) is 0 Å². The zero-order valence-electron chi connectivity index (χ0n) is 12.1. The Balaban J connectivity index is 1.66. The van der Waals surface area contributed by atoms with Gasteiger partial charge in [-0.1, -0.05) is 27.2 Å². The average molecular weight is 264 g/mol. The molecule has 3 rings (SSSR count). The molecule has 3 aliphatic rings. The number of cyclic esters (lactones) is 2. The van der Waals surface area contributed by atoms with Gasteiger partial charge in [0.25, 0.3) is 0 Å². The highest BCUT2D eigenvalue weighted by Gasteiger charge is 2.62. The van der Waals surface area contributed by atoms with Gasteiger partial charge >= 0.3 is 11.9 Å². The van der Waals surface area contributed by atoms with E-state index >= 15 is 0 Å². The van der Waals surface area contributed by atoms with Crippen LogP contribution in [0.4, 0.5) is 0 Å². The van der Waals surface area contributed by atoms with Crippen LogP contribution in [0, 0.1) is 35.0 Å². The maximum Gasteiger partial charge on any atom is 0.317 e. The number of esters is 2. The first-order valence-electron chi connectivity index (χ1n) is 7.68. The highest BCUT2D eigenvalue weighted by atomic mass is 16.6. The molecule has 2 bridgehead atoms. The van der Waals surface area contributed by atoms with Crippen molar-refractivity contribution in [3.05, 3.63) is 0 Å². The van der Waals surface area contributed by atoms with Gasteiger partial charge in [0.15, 0.2) is 0 Å². The largest absolute Gasteiger partial charge is 0.393 e. The van der Waals surface area contributed by atoms with E-state index in [2.05, 4.69) is 20.8 Å². The lowest BCUT2D eigenvalue weighted by atomic mass is 9.71. The van der Waals surface area contributed by atoms with E-state index in [-0.39, 0.29) is 23.8 Å². The molecule has 0 aromatic rings. The molecule has 19 heavy (non-hydrogen) atoms. The Hall–Kier alpha value is -0.860. The number of hydrogen-bond acceptors (Lipinski definition) is 3. The third kappa shape index (κ3) is 2.02. The van der Waals surface area contributed by atoms with Crippen LogP contribution in [0.25, 0.3) is 0 Å². The molecule has 2 aliphatic carbocycles. The van der Waals surface area contributed by atoms with Crippen molar-refractivity contribution in [1.29, 1.82) is 0 Å². The van der Waals surface area contributed by atoms with Gasteiger partial charge in [-0.05, 0) is 48.9 Å². The highest BCUT2D eigenvalue weighted by molar-refractivity contribution is 5.97. The minimum Gasteiger partial charge on any atom is -0.393 e. The van der Waals surface area contributed by atoms with Gasteiger partial charge in [-0.3, -0.25) is 9.59 Å². The van der Waals surface area contributed by atoms with Crippen LogP contribution in [0.1, 0.15) is 52.9 Å². The van der Waals surface area contributed by atoms with Gasteiger partial charge < -0.3 is 4.74 Å². The molecule has 1 heterocycles. The molecular weight excluding hydrogens is 240 g/mol. The summed E-state index contributed by atoms with van der Waals surface area (Å²) < 4.78 is 4.85. The molecule has 0 aromatic carbocycles. The Morgan fingerprint density at radius 2 is 1.84 bits per heavy atom. The lowest BCUT2D eigenvalue weighted by Crippen LogP contribution is -2.30. The summed E-state index contributed by atoms with van der Waals surface area (Å²) >= 11 is 0. The van der Waals surface area contributed by atoms with Crippen LogP contribution in [0.5, 0.6) is 0 Å². The number of carbonyl (C=O) groups excluding carboxylic acids is 2. The number of rotatable bonds is 4. The molecule has 3 nitrogen and oxygen atoms in total. The van der Waals surface area contributed by atoms with Gasteiger partial charge in [0.2, 0.25) is 0 Å². The summed E-state index contributed by atoms with van der Waals surface area (Å²) in [5.41, 5.74) is 0.396. The Morgan fingerprint density at radius 3 is 2.53 bits per heavy atom. The summed E-state index contributed by atoms with van der Waals surface area (Å²) in [4.78, 5) is 23.5. The predicted molar refractivity (Wildman–Crippen MR) is 71.1 cm³/mol. The quantitative estimate of drug-likeness (QED) is 0.578. The van der Waals surface area contributed by atoms with Crippen LogP contribution in [0.2, 0.25) is 0 Å². The van der Waals surface area contributed by atoms with Crippen molar-refractivity contribution < 1.29 is 14.3 Å². The van der Waals surface area contributed by atoms with E-state index in [0.29, 0.717) is 23.2 Å². The maximum atomic E-state index is 11.8. The van der Waals surface area contributed by atoms with Gasteiger partial charge in [-0.15, -0.1) is 0 Å². The first-order chi connectivity index (χ1) is 8.93. The highest BCUT2D eigenvalue weighted by Crippen LogP contribution is 2.59. The summed E-state index contributed by atoms with van der Waals surface area (Å²) in [5.74, 6) is 0.812. The standard InChI is InChI=1S/C16H24O3/c1-4-16(2,3)6-5-9-7-10-8-11(9)13-12(10)14(17)19-15(13)18/h9-13H,4-8H2,1-3H3. The van der Waals surface area contributed by atoms with E-state index in [4.69, 9.17) is 4.74 Å². The van der Waals surface area contributed by atoms with Crippen molar-refractivity contribution >= 4 is 11.9 Å². The fraction of sp³-hybridized carbons (Fsp3) is 0.875. The second-order valence-corrected chi connectivity index (χ2v) is 7.50. The molecule has 0 radical (unpaired) electrons. The number of ether oxygens (including phenoxy) is 1. The van der Waals surface area contributed by atoms with E-state index in [1.165, 1.54) is 19.3 Å². The van der Waals surface area contributed by atoms with Crippen LogP contribution in [-0.2, 0) is 14.3 Å². The molecule has 0 spiro atoms. The van der Waals surface area contributed by atoms with Crippen molar-refractivity contribution in [3.63, 3.8) is 0 Å². The Bertz CT molecular complexity index is 412. The molecule has 3 heteroatoms. The van der Waals surface area contributed by atoms with Crippen LogP contribution in [0.15, 0.2) is 0 Å². The summed E-state index contributed by atoms with van der Waals surface area (Å²) in [5, 5.41) is 0. The second-order valence-electron chi connectivity index (χ2n) is 7.50. The summed E-state index contributed by atoms with van der Waals surface area (Å²) in [6.07, 6.45) is 5.83. The van der Waals surface area contributed by atoms with Crippen LogP contribution in [0.3, 0.4) is 0 Å². The Labute approximate surface area is 115 Å². The fourth-order valence-electron chi connectivity index (χ4n) is 4.48. The average Bonchev–Trinajstić information content (AvgIpc) is 3.00. The van der Waals surface area contributed by atoms with E-state index in [1.807, 2.05) is 0 Å². The van der Waals surface area contributed by atoms with Crippen LogP contribution in [-0.4, -0.2) is 11.9 Å². The zero-order chi connectivity index (χ0) is 13.8. The zero-order valence-corrected chi connectivity index (χ0v) is 12.1. The molecular formula is C16H24O3. The van der Waals surface area contributed by atoms with Gasteiger partial charge in [0.05, 0.1) is 11.8 Å². The predicted octanol–water partition coefficient (Wildman–Crippen LogP) is 3.17. The molecule has 2 saturated carbocycles. The van der Waals surface area contributed by atoms with Crippen LogP contribution < -0.4 is 0 Å². The fourth-order valence-corrected chi connectivity index (χ4v) is 4.48. The second kappa shape index (κ2) is 4.32. The summed E-state index contributed by atoms with van der Waals surface area (Å²) in [7, 11) is 0. The molecule has 0 aromatic heterocycles. The van der Waals surface area contributed by atoms with Crippen LogP contribution >= 0.6 is 0 Å². The van der Waals surface area contributed by atoms with Gasteiger partial charge in [0, 0.05) is 0 Å². The summed E-state index contributed by atoms with van der Waals surface area (Å²) in [6.45, 7) is 6.87. The Kier molecular flexibility index (Phi) is 2.99. The first kappa shape index (κ1) is 13.1. The molecule has 3 fully saturated rings. The normalized spacial score (nSPS) is 40.7. The maximum absolute atomic E-state index is 11.8. The lowest BCUT2D eigenvalue weighted by molar-refractivity contribution is -0.154. The summed E-state index contributed by atoms with van der Waals surface area (Å²) in [6, 6.07) is 0. The third-order valence-corrected chi connectivity index (χ3v) is 6.04. The van der Waals surface area contributed by atoms with Crippen molar-refractivity contribution in [2.45, 2.75) is 52.9 Å². The minimum atomic E-state index is -0.241. The molecule has 0 amide bonds. The molecule has 1 saturated heterocycles. The lowest BCUT2D eigenvalue weighted by Gasteiger charge is -2.31. The molecule has 1 aliphatic heterocycles. The molecule has 5 unspecified atom stereocenters. The van der Waals surface area contributed by atoms with Crippen molar-refractivity contribution in [2.75, 3.05) is 0 Å². The first-order valence-corrected chi connectivity index (χ1v) is 7.68. The molecule has 5 atom stereocenters.